The van der Waals surface area contributed by atoms with Gasteiger partial charge in [-0.1, -0.05) is 6.08 Å². The molecule has 0 saturated heterocycles. The van der Waals surface area contributed by atoms with Crippen LogP contribution in [0.25, 0.3) is 5.57 Å². The second kappa shape index (κ2) is 5.31. The van der Waals surface area contributed by atoms with E-state index in [1.807, 2.05) is 12.1 Å². The minimum atomic E-state index is -0.00796. The highest BCUT2D eigenvalue weighted by molar-refractivity contribution is 5.93. The van der Waals surface area contributed by atoms with E-state index in [4.69, 9.17) is 0 Å². The molecule has 0 bridgehead atoms. The van der Waals surface area contributed by atoms with Crippen molar-refractivity contribution in [3.05, 3.63) is 35.7 Å². The van der Waals surface area contributed by atoms with Gasteiger partial charge in [-0.15, -0.1) is 0 Å². The number of rotatable bonds is 2. The van der Waals surface area contributed by atoms with Crippen LogP contribution in [0.2, 0.25) is 0 Å². The predicted molar refractivity (Wildman–Crippen MR) is 72.3 cm³/mol. The van der Waals surface area contributed by atoms with Gasteiger partial charge in [0.2, 0.25) is 0 Å². The lowest BCUT2D eigenvalue weighted by atomic mass is 10.0. The Balaban J connectivity index is 2.15. The Morgan fingerprint density at radius 2 is 2.17 bits per heavy atom. The first-order chi connectivity index (χ1) is 8.58. The number of amides is 1. The molecule has 1 aliphatic rings. The van der Waals surface area contributed by atoms with E-state index < -0.39 is 0 Å². The molecule has 4 nitrogen and oxygen atoms in total. The number of carbonyl (C=O) groups is 1. The Kier molecular flexibility index (Phi) is 3.77. The maximum absolute atomic E-state index is 11.7. The molecule has 1 aromatic heterocycles. The molecule has 0 aliphatic carbocycles. The second-order valence-electron chi connectivity index (χ2n) is 4.87. The summed E-state index contributed by atoms with van der Waals surface area (Å²) in [5.74, 6) is -0.00796. The van der Waals surface area contributed by atoms with Gasteiger partial charge in [-0.25, -0.2) is 0 Å². The first-order valence-corrected chi connectivity index (χ1v) is 6.13. The molecule has 0 spiro atoms. The van der Waals surface area contributed by atoms with Gasteiger partial charge in [0.25, 0.3) is 5.91 Å². The molecule has 1 aliphatic heterocycles. The van der Waals surface area contributed by atoms with Crippen molar-refractivity contribution in [2.45, 2.75) is 6.42 Å². The van der Waals surface area contributed by atoms with Crippen LogP contribution in [0.1, 0.15) is 22.5 Å². The summed E-state index contributed by atoms with van der Waals surface area (Å²) in [4.78, 5) is 20.0. The SMILES string of the molecule is CN1CC=C(c2ccc(C(=O)N(C)C)cn2)CC1. The Morgan fingerprint density at radius 1 is 1.39 bits per heavy atom. The molecule has 0 radical (unpaired) electrons. The standard InChI is InChI=1S/C14H19N3O/c1-16(2)14(18)12-4-5-13(15-10-12)11-6-8-17(3)9-7-11/h4-6,10H,7-9H2,1-3H3. The van der Waals surface area contributed by atoms with E-state index in [1.165, 1.54) is 5.57 Å². The number of likely N-dealkylation sites (N-methyl/N-ethyl adjacent to an activating group) is 1. The van der Waals surface area contributed by atoms with Crippen LogP contribution in [-0.4, -0.2) is 54.9 Å². The summed E-state index contributed by atoms with van der Waals surface area (Å²) in [6, 6.07) is 3.79. The zero-order valence-corrected chi connectivity index (χ0v) is 11.2. The molecule has 1 aromatic rings. The minimum Gasteiger partial charge on any atom is -0.345 e. The maximum Gasteiger partial charge on any atom is 0.254 e. The van der Waals surface area contributed by atoms with Crippen molar-refractivity contribution in [2.75, 3.05) is 34.2 Å². The summed E-state index contributed by atoms with van der Waals surface area (Å²) in [5, 5.41) is 0. The molecule has 2 rings (SSSR count). The van der Waals surface area contributed by atoms with Crippen molar-refractivity contribution >= 4 is 11.5 Å². The quantitative estimate of drug-likeness (QED) is 0.792. The lowest BCUT2D eigenvalue weighted by Crippen LogP contribution is -2.24. The van der Waals surface area contributed by atoms with Crippen molar-refractivity contribution < 1.29 is 4.79 Å². The van der Waals surface area contributed by atoms with Gasteiger partial charge >= 0.3 is 0 Å². The molecule has 2 heterocycles. The average Bonchev–Trinajstić information content (AvgIpc) is 2.39. The van der Waals surface area contributed by atoms with Crippen LogP contribution in [0.3, 0.4) is 0 Å². The molecule has 1 amide bonds. The Bertz CT molecular complexity index is 462. The second-order valence-corrected chi connectivity index (χ2v) is 4.87. The molecule has 0 N–H and O–H groups in total. The molecule has 0 fully saturated rings. The number of hydrogen-bond acceptors (Lipinski definition) is 3. The van der Waals surface area contributed by atoms with Gasteiger partial charge in [0.15, 0.2) is 0 Å². The van der Waals surface area contributed by atoms with Crippen LogP contribution < -0.4 is 0 Å². The van der Waals surface area contributed by atoms with Crippen LogP contribution in [0.5, 0.6) is 0 Å². The highest BCUT2D eigenvalue weighted by Gasteiger charge is 2.12. The lowest BCUT2D eigenvalue weighted by molar-refractivity contribution is 0.0827. The molecule has 0 atom stereocenters. The van der Waals surface area contributed by atoms with Crippen molar-refractivity contribution in [1.29, 1.82) is 0 Å². The molecule has 0 aromatic carbocycles. The fourth-order valence-electron chi connectivity index (χ4n) is 1.97. The molecule has 4 heteroatoms. The molecular formula is C14H19N3O. The first-order valence-electron chi connectivity index (χ1n) is 6.13. The van der Waals surface area contributed by atoms with Gasteiger partial charge in [0, 0.05) is 33.4 Å². The number of carbonyl (C=O) groups excluding carboxylic acids is 1. The van der Waals surface area contributed by atoms with Crippen LogP contribution in [0, 0.1) is 0 Å². The predicted octanol–water partition coefficient (Wildman–Crippen LogP) is 1.50. The third kappa shape index (κ3) is 2.76. The smallest absolute Gasteiger partial charge is 0.254 e. The topological polar surface area (TPSA) is 36.4 Å². The molecule has 96 valence electrons. The van der Waals surface area contributed by atoms with Crippen molar-refractivity contribution in [1.82, 2.24) is 14.8 Å². The first kappa shape index (κ1) is 12.8. The summed E-state index contributed by atoms with van der Waals surface area (Å²) in [7, 11) is 5.60. The number of hydrogen-bond donors (Lipinski definition) is 0. The van der Waals surface area contributed by atoms with Gasteiger partial charge in [0.05, 0.1) is 11.3 Å². The molecular weight excluding hydrogens is 226 g/mol. The zero-order valence-electron chi connectivity index (χ0n) is 11.2. The van der Waals surface area contributed by atoms with Gasteiger partial charge in [-0.2, -0.15) is 0 Å². The summed E-state index contributed by atoms with van der Waals surface area (Å²) >= 11 is 0. The summed E-state index contributed by atoms with van der Waals surface area (Å²) < 4.78 is 0. The van der Waals surface area contributed by atoms with Crippen LogP contribution in [0.15, 0.2) is 24.4 Å². The highest BCUT2D eigenvalue weighted by Crippen LogP contribution is 2.20. The van der Waals surface area contributed by atoms with E-state index in [0.717, 1.165) is 25.2 Å². The number of aromatic nitrogens is 1. The fourth-order valence-corrected chi connectivity index (χ4v) is 1.97. The number of nitrogens with zero attached hydrogens (tertiary/aromatic N) is 3. The normalized spacial score (nSPS) is 16.3. The van der Waals surface area contributed by atoms with E-state index >= 15 is 0 Å². The van der Waals surface area contributed by atoms with E-state index in [2.05, 4.69) is 23.0 Å². The Hall–Kier alpha value is -1.68. The van der Waals surface area contributed by atoms with Crippen molar-refractivity contribution in [3.63, 3.8) is 0 Å². The zero-order chi connectivity index (χ0) is 13.1. The van der Waals surface area contributed by atoms with Crippen molar-refractivity contribution in [3.8, 4) is 0 Å². The summed E-state index contributed by atoms with van der Waals surface area (Å²) in [6.07, 6.45) is 4.89. The third-order valence-corrected chi connectivity index (χ3v) is 3.16. The minimum absolute atomic E-state index is 0.00796. The van der Waals surface area contributed by atoms with E-state index in [1.54, 1.807) is 25.2 Å². The van der Waals surface area contributed by atoms with Crippen molar-refractivity contribution in [2.24, 2.45) is 0 Å². The maximum atomic E-state index is 11.7. The monoisotopic (exact) mass is 245 g/mol. The van der Waals surface area contributed by atoms with Gasteiger partial charge in [0.1, 0.15) is 0 Å². The Morgan fingerprint density at radius 3 is 2.67 bits per heavy atom. The Labute approximate surface area is 108 Å². The molecule has 0 unspecified atom stereocenters. The lowest BCUT2D eigenvalue weighted by Gasteiger charge is -2.21. The van der Waals surface area contributed by atoms with Crippen LogP contribution in [0.4, 0.5) is 0 Å². The average molecular weight is 245 g/mol. The highest BCUT2D eigenvalue weighted by atomic mass is 16.2. The van der Waals surface area contributed by atoms with Crippen LogP contribution >= 0.6 is 0 Å². The molecule has 0 saturated carbocycles. The van der Waals surface area contributed by atoms with Crippen LogP contribution in [-0.2, 0) is 0 Å². The summed E-state index contributed by atoms with van der Waals surface area (Å²) in [6.45, 7) is 2.03. The fraction of sp³-hybridized carbons (Fsp3) is 0.429. The number of pyridine rings is 1. The van der Waals surface area contributed by atoms with E-state index in [-0.39, 0.29) is 5.91 Å². The van der Waals surface area contributed by atoms with E-state index in [9.17, 15) is 4.79 Å². The van der Waals surface area contributed by atoms with E-state index in [0.29, 0.717) is 5.56 Å². The van der Waals surface area contributed by atoms with Gasteiger partial charge in [-0.05, 0) is 31.2 Å². The third-order valence-electron chi connectivity index (χ3n) is 3.16. The van der Waals surface area contributed by atoms with Gasteiger partial charge < -0.3 is 9.80 Å². The summed E-state index contributed by atoms with van der Waals surface area (Å²) in [5.41, 5.74) is 2.90. The largest absolute Gasteiger partial charge is 0.345 e. The van der Waals surface area contributed by atoms with Gasteiger partial charge in [-0.3, -0.25) is 9.78 Å². The molecule has 18 heavy (non-hydrogen) atoms.